The third kappa shape index (κ3) is 4.86. The Bertz CT molecular complexity index is 1420. The smallest absolute Gasteiger partial charge is 0.354 e. The highest BCUT2D eigenvalue weighted by molar-refractivity contribution is 7.90. The summed E-state index contributed by atoms with van der Waals surface area (Å²) < 4.78 is 68.1. The molecule has 0 aliphatic rings. The van der Waals surface area contributed by atoms with Crippen molar-refractivity contribution in [1.82, 2.24) is 19.3 Å². The van der Waals surface area contributed by atoms with Crippen molar-refractivity contribution >= 4 is 44.7 Å². The Morgan fingerprint density at radius 1 is 1.12 bits per heavy atom. The lowest BCUT2D eigenvalue weighted by atomic mass is 10.1. The topological polar surface area (TPSA) is 88.9 Å². The number of halogens is 4. The molecule has 0 saturated heterocycles. The number of fused-ring (bicyclic) bond motifs is 1. The Labute approximate surface area is 200 Å². The predicted octanol–water partition coefficient (Wildman–Crippen LogP) is 4.88. The third-order valence-electron chi connectivity index (χ3n) is 4.99. The van der Waals surface area contributed by atoms with Crippen molar-refractivity contribution in [2.45, 2.75) is 24.5 Å². The first-order valence-corrected chi connectivity index (χ1v) is 11.3. The molecule has 0 saturated carbocycles. The van der Waals surface area contributed by atoms with E-state index in [9.17, 15) is 21.6 Å². The van der Waals surface area contributed by atoms with Crippen LogP contribution in [-0.2, 0) is 22.7 Å². The van der Waals surface area contributed by atoms with Crippen LogP contribution in [0, 0.1) is 6.92 Å². The minimum absolute atomic E-state index is 0. The third-order valence-corrected chi connectivity index (χ3v) is 6.65. The van der Waals surface area contributed by atoms with Crippen LogP contribution < -0.4 is 10.6 Å². The molecule has 0 amide bonds. The molecule has 3 aromatic heterocycles. The van der Waals surface area contributed by atoms with Crippen LogP contribution in [0.15, 0.2) is 66.0 Å². The first kappa shape index (κ1) is 25.5. The maximum absolute atomic E-state index is 13.5. The van der Waals surface area contributed by atoms with Crippen molar-refractivity contribution in [2.75, 3.05) is 12.4 Å². The van der Waals surface area contributed by atoms with Crippen LogP contribution in [-0.4, -0.2) is 29.4 Å². The summed E-state index contributed by atoms with van der Waals surface area (Å²) in [6, 6.07) is 10.5. The molecule has 12 heteroatoms. The van der Waals surface area contributed by atoms with Crippen molar-refractivity contribution < 1.29 is 21.6 Å². The van der Waals surface area contributed by atoms with Crippen molar-refractivity contribution in [3.63, 3.8) is 0 Å². The van der Waals surface area contributed by atoms with Crippen LogP contribution >= 0.6 is 12.4 Å². The lowest BCUT2D eigenvalue weighted by Crippen LogP contribution is -2.13. The van der Waals surface area contributed by atoms with Gasteiger partial charge in [-0.15, -0.1) is 12.4 Å². The van der Waals surface area contributed by atoms with Gasteiger partial charge < -0.3 is 10.6 Å². The van der Waals surface area contributed by atoms with E-state index in [1.807, 2.05) is 0 Å². The molecule has 0 atom stereocenters. The fraction of sp³-hybridized carbons (Fsp3) is 0.182. The first-order valence-electron chi connectivity index (χ1n) is 9.87. The number of rotatable bonds is 6. The summed E-state index contributed by atoms with van der Waals surface area (Å²) in [5.74, 6) is 0. The maximum Gasteiger partial charge on any atom is 0.435 e. The van der Waals surface area contributed by atoms with E-state index >= 15 is 0 Å². The summed E-state index contributed by atoms with van der Waals surface area (Å²) >= 11 is 0. The van der Waals surface area contributed by atoms with E-state index in [0.717, 1.165) is 9.54 Å². The Kier molecular flexibility index (Phi) is 7.20. The van der Waals surface area contributed by atoms with Gasteiger partial charge in [-0.05, 0) is 55.9 Å². The molecule has 0 spiro atoms. The average molecular weight is 512 g/mol. The second kappa shape index (κ2) is 9.61. The zero-order valence-electron chi connectivity index (χ0n) is 18.1. The van der Waals surface area contributed by atoms with Crippen LogP contribution in [0.2, 0.25) is 0 Å². The van der Waals surface area contributed by atoms with E-state index in [4.69, 9.17) is 0 Å². The number of nitrogens with one attached hydrogen (secondary N) is 2. The lowest BCUT2D eigenvalue weighted by Gasteiger charge is -2.15. The molecule has 4 rings (SSSR count). The molecule has 34 heavy (non-hydrogen) atoms. The van der Waals surface area contributed by atoms with Gasteiger partial charge in [0.15, 0.2) is 5.69 Å². The zero-order chi connectivity index (χ0) is 23.8. The molecular formula is C22H21ClF3N5O2S. The molecule has 180 valence electrons. The molecular weight excluding hydrogens is 491 g/mol. The van der Waals surface area contributed by atoms with Crippen LogP contribution in [0.4, 0.5) is 24.5 Å². The second-order valence-corrected chi connectivity index (χ2v) is 9.19. The molecule has 3 heterocycles. The highest BCUT2D eigenvalue weighted by Gasteiger charge is 2.35. The van der Waals surface area contributed by atoms with Crippen molar-refractivity contribution in [1.29, 1.82) is 0 Å². The minimum atomic E-state index is -4.65. The molecule has 4 aromatic rings. The van der Waals surface area contributed by atoms with Gasteiger partial charge in [0.25, 0.3) is 10.0 Å². The van der Waals surface area contributed by atoms with Crippen LogP contribution in [0.1, 0.15) is 17.0 Å². The number of anilines is 2. The predicted molar refractivity (Wildman–Crippen MR) is 126 cm³/mol. The van der Waals surface area contributed by atoms with Crippen molar-refractivity contribution in [2.24, 2.45) is 0 Å². The first-order chi connectivity index (χ1) is 15.6. The van der Waals surface area contributed by atoms with E-state index in [-0.39, 0.29) is 34.4 Å². The van der Waals surface area contributed by atoms with E-state index in [1.165, 1.54) is 55.8 Å². The largest absolute Gasteiger partial charge is 0.435 e. The fourth-order valence-corrected chi connectivity index (χ4v) is 4.86. The van der Waals surface area contributed by atoms with Crippen molar-refractivity contribution in [3.05, 3.63) is 78.0 Å². The van der Waals surface area contributed by atoms with Gasteiger partial charge in [-0.25, -0.2) is 17.4 Å². The van der Waals surface area contributed by atoms with Gasteiger partial charge in [-0.1, -0.05) is 6.07 Å². The number of hydrogen-bond donors (Lipinski definition) is 2. The standard InChI is InChI=1S/C22H20F3N5O2S.ClH/c1-14-5-8-19(21(28-14)22(23,24)25)29-16-6-7-18-15(11-26-2)13-30(20(18)10-16)33(31,32)17-4-3-9-27-12-17;/h3-10,12-13,26,29H,11H2,1-2H3;1H. The van der Waals surface area contributed by atoms with E-state index < -0.39 is 21.9 Å². The monoisotopic (exact) mass is 511 g/mol. The van der Waals surface area contributed by atoms with Gasteiger partial charge in [0.05, 0.1) is 11.2 Å². The van der Waals surface area contributed by atoms with Gasteiger partial charge in [-0.3, -0.25) is 4.98 Å². The molecule has 0 aliphatic heterocycles. The Morgan fingerprint density at radius 3 is 2.53 bits per heavy atom. The number of hydrogen-bond acceptors (Lipinski definition) is 6. The summed E-state index contributed by atoms with van der Waals surface area (Å²) in [6.45, 7) is 1.88. The Balaban J connectivity index is 0.00000324. The van der Waals surface area contributed by atoms with E-state index in [0.29, 0.717) is 17.4 Å². The fourth-order valence-electron chi connectivity index (χ4n) is 3.52. The molecule has 0 aliphatic carbocycles. The highest BCUT2D eigenvalue weighted by Crippen LogP contribution is 2.36. The number of alkyl halides is 3. The van der Waals surface area contributed by atoms with Gasteiger partial charge >= 0.3 is 6.18 Å². The van der Waals surface area contributed by atoms with Crippen LogP contribution in [0.3, 0.4) is 0 Å². The van der Waals surface area contributed by atoms with E-state index in [1.54, 1.807) is 19.2 Å². The number of pyridine rings is 2. The molecule has 0 unspecified atom stereocenters. The Hall–Kier alpha value is -3.15. The lowest BCUT2D eigenvalue weighted by molar-refractivity contribution is -0.140. The normalized spacial score (nSPS) is 11.9. The number of benzene rings is 1. The molecule has 7 nitrogen and oxygen atoms in total. The molecule has 2 N–H and O–H groups in total. The maximum atomic E-state index is 13.5. The Morgan fingerprint density at radius 2 is 1.88 bits per heavy atom. The molecule has 0 radical (unpaired) electrons. The zero-order valence-corrected chi connectivity index (χ0v) is 19.7. The van der Waals surface area contributed by atoms with E-state index in [2.05, 4.69) is 20.6 Å². The summed E-state index contributed by atoms with van der Waals surface area (Å²) in [6.07, 6.45) is -0.437. The second-order valence-electron chi connectivity index (χ2n) is 7.38. The quantitative estimate of drug-likeness (QED) is 0.383. The summed E-state index contributed by atoms with van der Waals surface area (Å²) in [4.78, 5) is 7.50. The minimum Gasteiger partial charge on any atom is -0.354 e. The van der Waals surface area contributed by atoms with Crippen LogP contribution in [0.25, 0.3) is 10.9 Å². The van der Waals surface area contributed by atoms with Gasteiger partial charge in [0, 0.05) is 41.9 Å². The summed E-state index contributed by atoms with van der Waals surface area (Å²) in [7, 11) is -2.25. The van der Waals surface area contributed by atoms with Gasteiger partial charge in [-0.2, -0.15) is 13.2 Å². The number of aromatic nitrogens is 3. The molecule has 0 fully saturated rings. The number of aryl methyl sites for hydroxylation is 1. The summed E-state index contributed by atoms with van der Waals surface area (Å²) in [5.41, 5.74) is 0.294. The van der Waals surface area contributed by atoms with Crippen LogP contribution in [0.5, 0.6) is 0 Å². The number of nitrogens with zero attached hydrogens (tertiary/aromatic N) is 3. The van der Waals surface area contributed by atoms with Gasteiger partial charge in [0.1, 0.15) is 4.90 Å². The highest BCUT2D eigenvalue weighted by atomic mass is 35.5. The molecule has 1 aromatic carbocycles. The average Bonchev–Trinajstić information content (AvgIpc) is 3.14. The van der Waals surface area contributed by atoms with Crippen molar-refractivity contribution in [3.8, 4) is 0 Å². The van der Waals surface area contributed by atoms with Gasteiger partial charge in [0.2, 0.25) is 0 Å². The molecule has 0 bridgehead atoms. The SMILES string of the molecule is CNCc1cn(S(=O)(=O)c2cccnc2)c2cc(Nc3ccc(C)nc3C(F)(F)F)ccc12.Cl. The summed E-state index contributed by atoms with van der Waals surface area (Å²) in [5, 5.41) is 6.39.